The molecule has 4 heterocycles. The minimum absolute atomic E-state index is 0.151. The molecular formula is C42H40N4S. The summed E-state index contributed by atoms with van der Waals surface area (Å²) in [7, 11) is 0. The fourth-order valence-electron chi connectivity index (χ4n) is 7.88. The predicted molar refractivity (Wildman–Crippen MR) is 198 cm³/mol. The highest BCUT2D eigenvalue weighted by molar-refractivity contribution is 8.04. The van der Waals surface area contributed by atoms with Gasteiger partial charge in [0, 0.05) is 64.5 Å². The molecule has 0 saturated heterocycles. The Morgan fingerprint density at radius 2 is 1.79 bits per heavy atom. The first kappa shape index (κ1) is 30.0. The monoisotopic (exact) mass is 632 g/mol. The van der Waals surface area contributed by atoms with Crippen LogP contribution in [0.25, 0.3) is 16.8 Å². The predicted octanol–water partition coefficient (Wildman–Crippen LogP) is 9.72. The average molecular weight is 633 g/mol. The Hall–Kier alpha value is -4.35. The van der Waals surface area contributed by atoms with Crippen LogP contribution in [0.15, 0.2) is 135 Å². The SMILES string of the molecule is C/C=C\C1N=C(c2ccc(-c3ccc(CC4=C(/N=C\C)c5ncccc5CC4)nc3)cc2)C2=C(C1C)C1SC3=C(C=CCC3)C1C=C2. The van der Waals surface area contributed by atoms with Gasteiger partial charge in [-0.3, -0.25) is 20.0 Å². The zero-order valence-electron chi connectivity index (χ0n) is 27.4. The van der Waals surface area contributed by atoms with Crippen molar-refractivity contribution in [3.8, 4) is 11.1 Å². The van der Waals surface area contributed by atoms with Crippen molar-refractivity contribution < 1.29 is 0 Å². The lowest BCUT2D eigenvalue weighted by Gasteiger charge is -2.37. The molecule has 0 bridgehead atoms. The number of dihydropyridines is 1. The van der Waals surface area contributed by atoms with E-state index >= 15 is 0 Å². The van der Waals surface area contributed by atoms with Crippen LogP contribution >= 0.6 is 11.8 Å². The Labute approximate surface area is 282 Å². The third-order valence-electron chi connectivity index (χ3n) is 10.2. The van der Waals surface area contributed by atoms with E-state index in [1.165, 1.54) is 28.7 Å². The normalized spacial score (nSPS) is 25.0. The van der Waals surface area contributed by atoms with Gasteiger partial charge in [-0.1, -0.05) is 79.8 Å². The van der Waals surface area contributed by atoms with Gasteiger partial charge in [-0.05, 0) is 84.4 Å². The number of aliphatic imine (C=N–C) groups is 2. The second-order valence-electron chi connectivity index (χ2n) is 13.0. The van der Waals surface area contributed by atoms with Crippen LogP contribution in [-0.2, 0) is 12.8 Å². The maximum absolute atomic E-state index is 5.37. The fourth-order valence-corrected chi connectivity index (χ4v) is 9.61. The molecule has 0 amide bonds. The first-order valence-corrected chi connectivity index (χ1v) is 17.9. The van der Waals surface area contributed by atoms with E-state index < -0.39 is 0 Å². The quantitative estimate of drug-likeness (QED) is 0.201. The van der Waals surface area contributed by atoms with Crippen LogP contribution in [0.3, 0.4) is 0 Å². The van der Waals surface area contributed by atoms with Crippen LogP contribution in [0.1, 0.15) is 62.5 Å². The van der Waals surface area contributed by atoms with Crippen molar-refractivity contribution in [3.05, 3.63) is 147 Å². The van der Waals surface area contributed by atoms with Crippen LogP contribution < -0.4 is 0 Å². The van der Waals surface area contributed by atoms with Crippen molar-refractivity contribution in [1.82, 2.24) is 9.97 Å². The third-order valence-corrected chi connectivity index (χ3v) is 11.8. The number of thioether (sulfide) groups is 1. The number of hydrogen-bond donors (Lipinski definition) is 0. The van der Waals surface area contributed by atoms with Gasteiger partial charge in [0.05, 0.1) is 23.1 Å². The Bertz CT molecular complexity index is 1970. The van der Waals surface area contributed by atoms with E-state index in [0.29, 0.717) is 17.1 Å². The van der Waals surface area contributed by atoms with E-state index in [0.717, 1.165) is 59.6 Å². The summed E-state index contributed by atoms with van der Waals surface area (Å²) < 4.78 is 0. The Morgan fingerprint density at radius 1 is 0.936 bits per heavy atom. The van der Waals surface area contributed by atoms with Crippen molar-refractivity contribution in [3.63, 3.8) is 0 Å². The molecule has 0 N–H and O–H groups in total. The van der Waals surface area contributed by atoms with Crippen LogP contribution in [0.5, 0.6) is 0 Å². The van der Waals surface area contributed by atoms with E-state index in [2.05, 4.69) is 110 Å². The lowest BCUT2D eigenvalue weighted by molar-refractivity contribution is 0.550. The molecule has 5 aliphatic rings. The molecule has 47 heavy (non-hydrogen) atoms. The number of hydrogen-bond acceptors (Lipinski definition) is 5. The van der Waals surface area contributed by atoms with E-state index in [1.54, 1.807) is 16.1 Å². The smallest absolute Gasteiger partial charge is 0.0917 e. The van der Waals surface area contributed by atoms with Gasteiger partial charge in [-0.15, -0.1) is 11.8 Å². The van der Waals surface area contributed by atoms with Crippen molar-refractivity contribution in [2.45, 2.75) is 64.2 Å². The van der Waals surface area contributed by atoms with Gasteiger partial charge in [0.2, 0.25) is 0 Å². The van der Waals surface area contributed by atoms with E-state index in [9.17, 15) is 0 Å². The third kappa shape index (κ3) is 5.45. The number of benzene rings is 1. The number of allylic oxidation sites excluding steroid dienone is 9. The molecule has 0 radical (unpaired) electrons. The highest BCUT2D eigenvalue weighted by atomic mass is 32.2. The summed E-state index contributed by atoms with van der Waals surface area (Å²) in [5, 5.41) is 0.472. The summed E-state index contributed by atoms with van der Waals surface area (Å²) in [6.07, 6.45) is 24.9. The number of nitrogens with zero attached hydrogens (tertiary/aromatic N) is 4. The zero-order valence-corrected chi connectivity index (χ0v) is 28.2. The molecule has 0 saturated carbocycles. The van der Waals surface area contributed by atoms with Crippen molar-refractivity contribution in [2.24, 2.45) is 21.8 Å². The zero-order chi connectivity index (χ0) is 31.9. The lowest BCUT2D eigenvalue weighted by atomic mass is 9.73. The van der Waals surface area contributed by atoms with Crippen LogP contribution in [0, 0.1) is 11.8 Å². The molecule has 3 aliphatic carbocycles. The van der Waals surface area contributed by atoms with E-state index in [4.69, 9.17) is 15.0 Å². The first-order chi connectivity index (χ1) is 23.1. The highest BCUT2D eigenvalue weighted by Gasteiger charge is 2.43. The van der Waals surface area contributed by atoms with Crippen LogP contribution in [0.2, 0.25) is 0 Å². The molecule has 2 aromatic heterocycles. The summed E-state index contributed by atoms with van der Waals surface area (Å²) >= 11 is 2.12. The lowest BCUT2D eigenvalue weighted by Crippen LogP contribution is -2.34. The van der Waals surface area contributed by atoms with E-state index in [1.807, 2.05) is 31.6 Å². The van der Waals surface area contributed by atoms with Gasteiger partial charge in [0.15, 0.2) is 0 Å². The largest absolute Gasteiger partial charge is 0.276 e. The number of fused-ring (bicyclic) bond motifs is 4. The molecule has 0 fully saturated rings. The summed E-state index contributed by atoms with van der Waals surface area (Å²) in [4.78, 5) is 21.2. The van der Waals surface area contributed by atoms with Crippen molar-refractivity contribution in [2.75, 3.05) is 0 Å². The Morgan fingerprint density at radius 3 is 2.60 bits per heavy atom. The maximum atomic E-state index is 5.37. The van der Waals surface area contributed by atoms with Crippen LogP contribution in [-0.4, -0.2) is 33.2 Å². The minimum Gasteiger partial charge on any atom is -0.276 e. The standard InChI is InChI=1S/C42H40N4S/c1-4-9-36-26(3)38-35(22-21-34-33-11-6-7-12-37(33)47-42(34)38)39(46-36)29-15-13-27(14-16-29)31-19-20-32(45-25-31)24-30-18-17-28-10-8-23-44-40(28)41(30)43-5-2/h4-6,8-11,13-16,19-23,25-26,34,36,42H,7,12,17-18,24H2,1-3H3/b9-4-,43-5-. The van der Waals surface area contributed by atoms with E-state index in [-0.39, 0.29) is 6.04 Å². The molecule has 234 valence electrons. The number of aromatic nitrogens is 2. The second-order valence-corrected chi connectivity index (χ2v) is 14.3. The number of aryl methyl sites for hydroxylation is 1. The van der Waals surface area contributed by atoms with Crippen molar-refractivity contribution in [1.29, 1.82) is 0 Å². The van der Waals surface area contributed by atoms with Gasteiger partial charge in [-0.2, -0.15) is 0 Å². The fraction of sp³-hybridized carbons (Fsp3) is 0.286. The maximum Gasteiger partial charge on any atom is 0.0917 e. The Balaban J connectivity index is 1.05. The number of pyridine rings is 2. The molecular weight excluding hydrogens is 593 g/mol. The molecule has 4 unspecified atom stereocenters. The number of rotatable bonds is 6. The molecule has 3 aromatic rings. The molecule has 2 aliphatic heterocycles. The average Bonchev–Trinajstić information content (AvgIpc) is 3.50. The van der Waals surface area contributed by atoms with Gasteiger partial charge in [0.25, 0.3) is 0 Å². The molecule has 0 spiro atoms. The van der Waals surface area contributed by atoms with Gasteiger partial charge in [-0.25, -0.2) is 0 Å². The molecule has 8 rings (SSSR count). The molecule has 4 atom stereocenters. The summed E-state index contributed by atoms with van der Waals surface area (Å²) in [5.74, 6) is 0.855. The topological polar surface area (TPSA) is 50.5 Å². The first-order valence-electron chi connectivity index (χ1n) is 17.0. The summed E-state index contributed by atoms with van der Waals surface area (Å²) in [5.41, 5.74) is 14.7. The van der Waals surface area contributed by atoms with Gasteiger partial charge in [0.1, 0.15) is 0 Å². The summed E-state index contributed by atoms with van der Waals surface area (Å²) in [6.45, 7) is 6.46. The second kappa shape index (κ2) is 12.7. The van der Waals surface area contributed by atoms with Gasteiger partial charge >= 0.3 is 0 Å². The van der Waals surface area contributed by atoms with Gasteiger partial charge < -0.3 is 0 Å². The highest BCUT2D eigenvalue weighted by Crippen LogP contribution is 2.54. The molecule has 1 aromatic carbocycles. The molecule has 5 heteroatoms. The minimum atomic E-state index is 0.151. The van der Waals surface area contributed by atoms with Crippen molar-refractivity contribution >= 4 is 29.4 Å². The summed E-state index contributed by atoms with van der Waals surface area (Å²) in [6, 6.07) is 17.6. The Kier molecular flexibility index (Phi) is 8.10. The van der Waals surface area contributed by atoms with Crippen LogP contribution in [0.4, 0.5) is 0 Å². The molecule has 4 nitrogen and oxygen atoms in total.